The minimum absolute atomic E-state index is 0.0827. The first-order chi connectivity index (χ1) is 9.70. The number of hydrogen-bond donors (Lipinski definition) is 2. The molecule has 0 spiro atoms. The van der Waals surface area contributed by atoms with Gasteiger partial charge in [-0.25, -0.2) is 8.42 Å². The van der Waals surface area contributed by atoms with Crippen LogP contribution in [0.3, 0.4) is 0 Å². The summed E-state index contributed by atoms with van der Waals surface area (Å²) >= 11 is 9.80. The highest BCUT2D eigenvalue weighted by molar-refractivity contribution is 9.11. The molecule has 2 rings (SSSR count). The van der Waals surface area contributed by atoms with Crippen LogP contribution < -0.4 is 4.72 Å². The molecule has 2 N–H and O–H groups in total. The molecular formula is C13H10Br3NO3S. The molecule has 21 heavy (non-hydrogen) atoms. The number of nitrogens with one attached hydrogen (secondary N) is 1. The van der Waals surface area contributed by atoms with Gasteiger partial charge in [0, 0.05) is 13.4 Å². The highest BCUT2D eigenvalue weighted by atomic mass is 79.9. The number of aryl methyl sites for hydroxylation is 1. The number of halogens is 3. The third-order valence-electron chi connectivity index (χ3n) is 2.71. The molecule has 0 aromatic heterocycles. The zero-order chi connectivity index (χ0) is 15.8. The van der Waals surface area contributed by atoms with E-state index in [9.17, 15) is 13.5 Å². The van der Waals surface area contributed by atoms with Crippen molar-refractivity contribution in [3.8, 4) is 5.75 Å². The summed E-state index contributed by atoms with van der Waals surface area (Å²) in [5.74, 6) is -0.149. The minimum atomic E-state index is -3.83. The van der Waals surface area contributed by atoms with Crippen LogP contribution >= 0.6 is 47.8 Å². The second-order valence-electron chi connectivity index (χ2n) is 4.30. The lowest BCUT2D eigenvalue weighted by Crippen LogP contribution is -2.14. The van der Waals surface area contributed by atoms with Crippen LogP contribution in [0.4, 0.5) is 5.69 Å². The normalized spacial score (nSPS) is 11.4. The summed E-state index contributed by atoms with van der Waals surface area (Å²) in [5.41, 5.74) is 1.01. The van der Waals surface area contributed by atoms with Crippen molar-refractivity contribution in [3.63, 3.8) is 0 Å². The average Bonchev–Trinajstić information content (AvgIpc) is 2.37. The zero-order valence-electron chi connectivity index (χ0n) is 10.7. The van der Waals surface area contributed by atoms with Gasteiger partial charge in [0.25, 0.3) is 10.0 Å². The predicted octanol–water partition coefficient (Wildman–Crippen LogP) is 4.79. The van der Waals surface area contributed by atoms with E-state index in [0.717, 1.165) is 5.56 Å². The second-order valence-corrected chi connectivity index (χ2v) is 8.57. The van der Waals surface area contributed by atoms with Crippen molar-refractivity contribution >= 4 is 63.5 Å². The molecule has 112 valence electrons. The van der Waals surface area contributed by atoms with Gasteiger partial charge in [-0.2, -0.15) is 0 Å². The number of anilines is 1. The summed E-state index contributed by atoms with van der Waals surface area (Å²) < 4.78 is 29.1. The van der Waals surface area contributed by atoms with Crippen molar-refractivity contribution in [3.05, 3.63) is 49.3 Å². The SMILES string of the molecule is Cc1cc(Br)c(S(=O)(=O)Nc2cc(Br)ccc2O)cc1Br. The fraction of sp³-hybridized carbons (Fsp3) is 0.0769. The number of phenols is 1. The molecule has 0 unspecified atom stereocenters. The molecule has 0 saturated carbocycles. The molecule has 0 saturated heterocycles. The lowest BCUT2D eigenvalue weighted by atomic mass is 10.2. The van der Waals surface area contributed by atoms with E-state index < -0.39 is 10.0 Å². The van der Waals surface area contributed by atoms with Crippen LogP contribution in [0.15, 0.2) is 48.6 Å². The van der Waals surface area contributed by atoms with Crippen molar-refractivity contribution in [2.75, 3.05) is 4.72 Å². The molecular weight excluding hydrogens is 490 g/mol. The Bertz CT molecular complexity index is 807. The Balaban J connectivity index is 2.48. The molecule has 0 radical (unpaired) electrons. The van der Waals surface area contributed by atoms with Gasteiger partial charge in [0.15, 0.2) is 0 Å². The first-order valence-corrected chi connectivity index (χ1v) is 9.54. The number of phenolic OH excluding ortho intramolecular Hbond substituents is 1. The molecule has 0 heterocycles. The lowest BCUT2D eigenvalue weighted by molar-refractivity contribution is 0.477. The van der Waals surface area contributed by atoms with E-state index in [1.54, 1.807) is 12.1 Å². The van der Waals surface area contributed by atoms with Crippen LogP contribution in [0.5, 0.6) is 5.75 Å². The maximum atomic E-state index is 12.5. The first kappa shape index (κ1) is 16.8. The van der Waals surface area contributed by atoms with E-state index in [4.69, 9.17) is 0 Å². The van der Waals surface area contributed by atoms with E-state index in [-0.39, 0.29) is 16.3 Å². The fourth-order valence-corrected chi connectivity index (χ4v) is 4.73. The summed E-state index contributed by atoms with van der Waals surface area (Å²) in [7, 11) is -3.83. The number of sulfonamides is 1. The Kier molecular flexibility index (Phi) is 5.02. The van der Waals surface area contributed by atoms with Crippen LogP contribution in [0.25, 0.3) is 0 Å². The van der Waals surface area contributed by atoms with Gasteiger partial charge in [0.1, 0.15) is 10.6 Å². The van der Waals surface area contributed by atoms with Crippen LogP contribution in [0.2, 0.25) is 0 Å². The van der Waals surface area contributed by atoms with Gasteiger partial charge >= 0.3 is 0 Å². The lowest BCUT2D eigenvalue weighted by Gasteiger charge is -2.12. The van der Waals surface area contributed by atoms with Gasteiger partial charge in [-0.15, -0.1) is 0 Å². The minimum Gasteiger partial charge on any atom is -0.506 e. The number of rotatable bonds is 3. The van der Waals surface area contributed by atoms with E-state index in [1.165, 1.54) is 18.2 Å². The summed E-state index contributed by atoms with van der Waals surface area (Å²) in [4.78, 5) is 0.0827. The van der Waals surface area contributed by atoms with Gasteiger partial charge in [-0.05, 0) is 58.7 Å². The maximum Gasteiger partial charge on any atom is 0.263 e. The van der Waals surface area contributed by atoms with Crippen LogP contribution in [-0.4, -0.2) is 13.5 Å². The third kappa shape index (κ3) is 3.80. The van der Waals surface area contributed by atoms with Crippen molar-refractivity contribution < 1.29 is 13.5 Å². The Morgan fingerprint density at radius 3 is 2.38 bits per heavy atom. The molecule has 2 aromatic rings. The number of benzene rings is 2. The summed E-state index contributed by atoms with van der Waals surface area (Å²) in [6.45, 7) is 1.86. The van der Waals surface area contributed by atoms with E-state index in [1.807, 2.05) is 6.92 Å². The highest BCUT2D eigenvalue weighted by Gasteiger charge is 2.20. The molecule has 0 aliphatic carbocycles. The number of aromatic hydroxyl groups is 1. The quantitative estimate of drug-likeness (QED) is 0.597. The van der Waals surface area contributed by atoms with Gasteiger partial charge in [0.2, 0.25) is 0 Å². The van der Waals surface area contributed by atoms with Crippen LogP contribution in [0, 0.1) is 6.92 Å². The van der Waals surface area contributed by atoms with E-state index in [2.05, 4.69) is 52.5 Å². The smallest absolute Gasteiger partial charge is 0.263 e. The average molecular weight is 500 g/mol. The Labute approximate surface area is 148 Å². The molecule has 0 amide bonds. The monoisotopic (exact) mass is 497 g/mol. The Hall–Kier alpha value is -0.570. The van der Waals surface area contributed by atoms with Crippen molar-refractivity contribution in [2.45, 2.75) is 11.8 Å². The van der Waals surface area contributed by atoms with Gasteiger partial charge in [0.05, 0.1) is 5.69 Å². The largest absolute Gasteiger partial charge is 0.506 e. The molecule has 4 nitrogen and oxygen atoms in total. The molecule has 0 fully saturated rings. The molecule has 0 atom stereocenters. The number of hydrogen-bond acceptors (Lipinski definition) is 3. The Morgan fingerprint density at radius 1 is 1.05 bits per heavy atom. The molecule has 2 aromatic carbocycles. The molecule has 0 aliphatic rings. The fourth-order valence-electron chi connectivity index (χ4n) is 1.62. The van der Waals surface area contributed by atoms with Crippen molar-refractivity contribution in [1.29, 1.82) is 0 Å². The molecule has 0 bridgehead atoms. The van der Waals surface area contributed by atoms with Crippen molar-refractivity contribution in [2.24, 2.45) is 0 Å². The van der Waals surface area contributed by atoms with Gasteiger partial charge < -0.3 is 5.11 Å². The highest BCUT2D eigenvalue weighted by Crippen LogP contribution is 2.33. The summed E-state index contributed by atoms with van der Waals surface area (Å²) in [5, 5.41) is 9.74. The summed E-state index contributed by atoms with van der Waals surface area (Å²) in [6, 6.07) is 7.73. The van der Waals surface area contributed by atoms with Gasteiger partial charge in [-0.3, -0.25) is 4.72 Å². The molecule has 8 heteroatoms. The topological polar surface area (TPSA) is 66.4 Å². The van der Waals surface area contributed by atoms with Crippen molar-refractivity contribution in [1.82, 2.24) is 0 Å². The maximum absolute atomic E-state index is 12.5. The zero-order valence-corrected chi connectivity index (χ0v) is 16.3. The van der Waals surface area contributed by atoms with Crippen LogP contribution in [0.1, 0.15) is 5.56 Å². The standard InChI is InChI=1S/C13H10Br3NO3S/c1-7-4-10(16)13(6-9(7)15)21(19,20)17-11-5-8(14)2-3-12(11)18/h2-6,17-18H,1H3. The second kappa shape index (κ2) is 6.28. The van der Waals surface area contributed by atoms with Gasteiger partial charge in [-0.1, -0.05) is 31.9 Å². The van der Waals surface area contributed by atoms with E-state index in [0.29, 0.717) is 13.4 Å². The predicted molar refractivity (Wildman–Crippen MR) is 93.2 cm³/mol. The summed E-state index contributed by atoms with van der Waals surface area (Å²) in [6.07, 6.45) is 0. The Morgan fingerprint density at radius 2 is 1.71 bits per heavy atom. The first-order valence-electron chi connectivity index (χ1n) is 5.67. The van der Waals surface area contributed by atoms with Crippen LogP contribution in [-0.2, 0) is 10.0 Å². The third-order valence-corrected chi connectivity index (χ3v) is 6.38. The van der Waals surface area contributed by atoms with E-state index >= 15 is 0 Å². The molecule has 0 aliphatic heterocycles.